The lowest BCUT2D eigenvalue weighted by Crippen LogP contribution is -2.38. The third-order valence-electron chi connectivity index (χ3n) is 2.13. The summed E-state index contributed by atoms with van der Waals surface area (Å²) in [5, 5.41) is 21.2. The van der Waals surface area contributed by atoms with E-state index < -0.39 is 22.8 Å². The molecule has 1 unspecified atom stereocenters. The Morgan fingerprint density at radius 3 is 2.56 bits per heavy atom. The van der Waals surface area contributed by atoms with Gasteiger partial charge in [0.25, 0.3) is 11.6 Å². The van der Waals surface area contributed by atoms with Crippen molar-refractivity contribution in [1.82, 2.24) is 5.32 Å². The van der Waals surface area contributed by atoms with Crippen LogP contribution in [0.1, 0.15) is 17.3 Å². The number of rotatable bonds is 4. The molecule has 0 fully saturated rings. The topological polar surface area (TPSA) is 110 Å². The second-order valence-electron chi connectivity index (χ2n) is 3.45. The highest BCUT2D eigenvalue weighted by molar-refractivity contribution is 6.34. The number of nitro benzene ring substituents is 1. The number of nitrogens with one attached hydrogen (secondary N) is 1. The minimum absolute atomic E-state index is 0.0182. The van der Waals surface area contributed by atoms with Gasteiger partial charge in [0.15, 0.2) is 0 Å². The van der Waals surface area contributed by atoms with Gasteiger partial charge in [-0.25, -0.2) is 0 Å². The summed E-state index contributed by atoms with van der Waals surface area (Å²) in [5.74, 6) is -1.90. The number of benzene rings is 1. The summed E-state index contributed by atoms with van der Waals surface area (Å²) in [4.78, 5) is 32.0. The van der Waals surface area contributed by atoms with Gasteiger partial charge in [-0.05, 0) is 13.0 Å². The van der Waals surface area contributed by atoms with E-state index in [1.807, 2.05) is 0 Å². The van der Waals surface area contributed by atoms with Crippen molar-refractivity contribution >= 4 is 29.2 Å². The van der Waals surface area contributed by atoms with Gasteiger partial charge in [0, 0.05) is 12.1 Å². The molecule has 96 valence electrons. The molecule has 0 aromatic heterocycles. The highest BCUT2D eigenvalue weighted by Crippen LogP contribution is 2.22. The predicted molar refractivity (Wildman–Crippen MR) is 62.7 cm³/mol. The van der Waals surface area contributed by atoms with Crippen molar-refractivity contribution in [2.45, 2.75) is 13.0 Å². The maximum absolute atomic E-state index is 11.6. The van der Waals surface area contributed by atoms with Crippen molar-refractivity contribution in [3.8, 4) is 0 Å². The first-order valence-electron chi connectivity index (χ1n) is 4.80. The minimum Gasteiger partial charge on any atom is -0.480 e. The number of hydrogen-bond donors (Lipinski definition) is 2. The van der Waals surface area contributed by atoms with Gasteiger partial charge in [-0.2, -0.15) is 0 Å². The molecule has 1 aromatic rings. The minimum atomic E-state index is -1.19. The molecule has 0 aliphatic heterocycles. The highest BCUT2D eigenvalue weighted by atomic mass is 35.5. The number of hydrogen-bond acceptors (Lipinski definition) is 4. The van der Waals surface area contributed by atoms with Crippen LogP contribution in [-0.2, 0) is 4.79 Å². The molecule has 0 saturated carbocycles. The number of carboxylic acid groups (broad SMARTS) is 1. The third-order valence-corrected chi connectivity index (χ3v) is 2.44. The second kappa shape index (κ2) is 5.46. The molecule has 7 nitrogen and oxygen atoms in total. The van der Waals surface area contributed by atoms with Crippen LogP contribution in [0.25, 0.3) is 0 Å². The van der Waals surface area contributed by atoms with E-state index in [4.69, 9.17) is 16.7 Å². The van der Waals surface area contributed by atoms with E-state index in [0.717, 1.165) is 12.1 Å². The fourth-order valence-electron chi connectivity index (χ4n) is 1.14. The average Bonchev–Trinajstić information content (AvgIpc) is 2.28. The van der Waals surface area contributed by atoms with Crippen molar-refractivity contribution < 1.29 is 19.6 Å². The second-order valence-corrected chi connectivity index (χ2v) is 3.86. The molecule has 0 spiro atoms. The normalized spacial score (nSPS) is 11.7. The van der Waals surface area contributed by atoms with E-state index in [1.54, 1.807) is 0 Å². The van der Waals surface area contributed by atoms with Gasteiger partial charge >= 0.3 is 5.97 Å². The Kier molecular flexibility index (Phi) is 4.22. The van der Waals surface area contributed by atoms with Crippen molar-refractivity contribution in [3.63, 3.8) is 0 Å². The van der Waals surface area contributed by atoms with Gasteiger partial charge in [0.2, 0.25) is 0 Å². The number of nitro groups is 1. The van der Waals surface area contributed by atoms with E-state index in [-0.39, 0.29) is 16.3 Å². The summed E-state index contributed by atoms with van der Waals surface area (Å²) < 4.78 is 0. The molecule has 0 saturated heterocycles. The van der Waals surface area contributed by atoms with Gasteiger partial charge in [-0.15, -0.1) is 0 Å². The van der Waals surface area contributed by atoms with E-state index in [2.05, 4.69) is 5.32 Å². The Labute approximate surface area is 107 Å². The van der Waals surface area contributed by atoms with Crippen molar-refractivity contribution in [3.05, 3.63) is 38.9 Å². The molecule has 1 atom stereocenters. The molecule has 1 amide bonds. The fraction of sp³-hybridized carbons (Fsp3) is 0.200. The molecular formula is C10H9ClN2O5. The van der Waals surface area contributed by atoms with E-state index >= 15 is 0 Å². The summed E-state index contributed by atoms with van der Waals surface area (Å²) in [6.07, 6.45) is 0. The van der Waals surface area contributed by atoms with Crippen LogP contribution < -0.4 is 5.32 Å². The monoisotopic (exact) mass is 272 g/mol. The number of non-ortho nitro benzene ring substituents is 1. The first kappa shape index (κ1) is 13.9. The molecule has 2 N–H and O–H groups in total. The van der Waals surface area contributed by atoms with Crippen LogP contribution >= 0.6 is 11.6 Å². The lowest BCUT2D eigenvalue weighted by atomic mass is 10.2. The lowest BCUT2D eigenvalue weighted by Gasteiger charge is -2.09. The first-order valence-corrected chi connectivity index (χ1v) is 5.18. The van der Waals surface area contributed by atoms with Crippen LogP contribution in [0.5, 0.6) is 0 Å². The molecule has 8 heteroatoms. The Morgan fingerprint density at radius 1 is 1.50 bits per heavy atom. The molecule has 0 radical (unpaired) electrons. The largest absolute Gasteiger partial charge is 0.480 e. The van der Waals surface area contributed by atoms with E-state index in [1.165, 1.54) is 13.0 Å². The number of halogens is 1. The zero-order chi connectivity index (χ0) is 13.9. The summed E-state index contributed by atoms with van der Waals surface area (Å²) >= 11 is 5.72. The van der Waals surface area contributed by atoms with Crippen LogP contribution in [0.2, 0.25) is 5.02 Å². The molecule has 1 rings (SSSR count). The maximum Gasteiger partial charge on any atom is 0.325 e. The van der Waals surface area contributed by atoms with Gasteiger partial charge in [0.1, 0.15) is 6.04 Å². The number of aliphatic carboxylic acids is 1. The number of carbonyl (C=O) groups excluding carboxylic acids is 1. The molecule has 1 aromatic carbocycles. The van der Waals surface area contributed by atoms with Gasteiger partial charge < -0.3 is 10.4 Å². The van der Waals surface area contributed by atoms with Crippen molar-refractivity contribution in [2.75, 3.05) is 0 Å². The Bertz CT molecular complexity index is 517. The molecular weight excluding hydrogens is 264 g/mol. The number of carboxylic acids is 1. The number of carbonyl (C=O) groups is 2. The summed E-state index contributed by atoms with van der Waals surface area (Å²) in [6, 6.07) is 2.24. The van der Waals surface area contributed by atoms with Crippen LogP contribution in [0.3, 0.4) is 0 Å². The first-order chi connectivity index (χ1) is 8.32. The summed E-state index contributed by atoms with van der Waals surface area (Å²) in [6.45, 7) is 1.29. The Balaban J connectivity index is 2.94. The summed E-state index contributed by atoms with van der Waals surface area (Å²) in [7, 11) is 0. The van der Waals surface area contributed by atoms with Crippen molar-refractivity contribution in [1.29, 1.82) is 0 Å². The number of amides is 1. The highest BCUT2D eigenvalue weighted by Gasteiger charge is 2.19. The molecule has 18 heavy (non-hydrogen) atoms. The fourth-order valence-corrected chi connectivity index (χ4v) is 1.40. The molecule has 0 aliphatic rings. The standard InChI is InChI=1S/C10H9ClN2O5/c1-5(10(15)16)12-9(14)7-3-2-6(13(17)18)4-8(7)11/h2-5H,1H3,(H,12,14)(H,15,16). The third kappa shape index (κ3) is 3.17. The average molecular weight is 273 g/mol. The predicted octanol–water partition coefficient (Wildman–Crippen LogP) is 1.45. The Hall–Kier alpha value is -2.15. The molecule has 0 bridgehead atoms. The van der Waals surface area contributed by atoms with Crippen LogP contribution in [0, 0.1) is 10.1 Å². The quantitative estimate of drug-likeness (QED) is 0.637. The lowest BCUT2D eigenvalue weighted by molar-refractivity contribution is -0.384. The zero-order valence-electron chi connectivity index (χ0n) is 9.21. The SMILES string of the molecule is CC(NC(=O)c1ccc([N+](=O)[O-])cc1Cl)C(=O)O. The number of nitrogens with zero attached hydrogens (tertiary/aromatic N) is 1. The van der Waals surface area contributed by atoms with Gasteiger partial charge in [-0.3, -0.25) is 19.7 Å². The summed E-state index contributed by atoms with van der Waals surface area (Å²) in [5.41, 5.74) is -0.266. The van der Waals surface area contributed by atoms with Crippen molar-refractivity contribution in [2.24, 2.45) is 0 Å². The maximum atomic E-state index is 11.6. The smallest absolute Gasteiger partial charge is 0.325 e. The zero-order valence-corrected chi connectivity index (χ0v) is 9.97. The van der Waals surface area contributed by atoms with Crippen LogP contribution in [0.4, 0.5) is 5.69 Å². The van der Waals surface area contributed by atoms with E-state index in [0.29, 0.717) is 0 Å². The molecule has 0 heterocycles. The van der Waals surface area contributed by atoms with E-state index in [9.17, 15) is 19.7 Å². The van der Waals surface area contributed by atoms with Gasteiger partial charge in [0.05, 0.1) is 15.5 Å². The Morgan fingerprint density at radius 2 is 2.11 bits per heavy atom. The van der Waals surface area contributed by atoms with Crippen LogP contribution in [0.15, 0.2) is 18.2 Å². The van der Waals surface area contributed by atoms with Gasteiger partial charge in [-0.1, -0.05) is 11.6 Å². The molecule has 0 aliphatic carbocycles. The van der Waals surface area contributed by atoms with Crippen LogP contribution in [-0.4, -0.2) is 27.9 Å².